The van der Waals surface area contributed by atoms with Crippen molar-refractivity contribution in [3.05, 3.63) is 24.3 Å². The Morgan fingerprint density at radius 2 is 1.75 bits per heavy atom. The van der Waals surface area contributed by atoms with Gasteiger partial charge in [0.25, 0.3) is 0 Å². The van der Waals surface area contributed by atoms with Crippen molar-refractivity contribution in [3.63, 3.8) is 0 Å². The normalized spacial score (nSPS) is 8.33. The molecule has 1 aromatic carbocycles. The molecule has 1 rings (SSSR count). The van der Waals surface area contributed by atoms with Gasteiger partial charge in [-0.3, -0.25) is 0 Å². The zero-order chi connectivity index (χ0) is 9.40. The van der Waals surface area contributed by atoms with E-state index in [1.165, 1.54) is 4.90 Å². The maximum atomic E-state index is 5.12. The Kier molecular flexibility index (Phi) is 6.67. The van der Waals surface area contributed by atoms with Gasteiger partial charge < -0.3 is 4.74 Å². The fourth-order valence-corrected chi connectivity index (χ4v) is 1.35. The summed E-state index contributed by atoms with van der Waals surface area (Å²) in [5.74, 6) is 0.954. The van der Waals surface area contributed by atoms with Crippen LogP contribution in [0.15, 0.2) is 29.2 Å². The number of ether oxygens (including phenoxy) is 1. The molecule has 0 heterocycles. The van der Waals surface area contributed by atoms with E-state index in [0.29, 0.717) is 0 Å². The fourth-order valence-electron chi connectivity index (χ4n) is 0.787. The quantitative estimate of drug-likeness (QED) is 0.651. The van der Waals surface area contributed by atoms with Crippen molar-refractivity contribution in [2.75, 3.05) is 13.4 Å². The molecule has 2 heteroatoms. The number of hydrogen-bond acceptors (Lipinski definition) is 2. The van der Waals surface area contributed by atoms with E-state index < -0.39 is 0 Å². The van der Waals surface area contributed by atoms with Crippen LogP contribution in [0.3, 0.4) is 0 Å². The van der Waals surface area contributed by atoms with Crippen LogP contribution in [0.2, 0.25) is 0 Å². The molecule has 0 aromatic heterocycles. The van der Waals surface area contributed by atoms with Gasteiger partial charge in [0, 0.05) is 4.90 Å². The molecule has 0 fully saturated rings. The highest BCUT2D eigenvalue weighted by molar-refractivity contribution is 7.98. The number of methoxy groups -OCH3 is 1. The van der Waals surface area contributed by atoms with Crippen LogP contribution >= 0.6 is 11.8 Å². The fraction of sp³-hybridized carbons (Fsp3) is 0.400. The molecular formula is C10H16OS. The number of hydrogen-bond donors (Lipinski definition) is 0. The van der Waals surface area contributed by atoms with E-state index in [1.807, 2.05) is 44.4 Å². The van der Waals surface area contributed by atoms with Gasteiger partial charge in [0.1, 0.15) is 5.75 Å². The average Bonchev–Trinajstić information content (AvgIpc) is 2.20. The largest absolute Gasteiger partial charge is 0.496 e. The van der Waals surface area contributed by atoms with E-state index in [9.17, 15) is 0 Å². The van der Waals surface area contributed by atoms with Crippen molar-refractivity contribution in [3.8, 4) is 5.75 Å². The lowest BCUT2D eigenvalue weighted by atomic mass is 10.3. The third-order valence-corrected chi connectivity index (χ3v) is 2.07. The van der Waals surface area contributed by atoms with Crippen LogP contribution in [0, 0.1) is 0 Å². The second kappa shape index (κ2) is 7.04. The smallest absolute Gasteiger partial charge is 0.132 e. The van der Waals surface area contributed by atoms with Crippen LogP contribution in [0.4, 0.5) is 0 Å². The molecule has 0 spiro atoms. The Labute approximate surface area is 79.1 Å². The van der Waals surface area contributed by atoms with Crippen LogP contribution in [0.25, 0.3) is 0 Å². The van der Waals surface area contributed by atoms with Gasteiger partial charge in [-0.2, -0.15) is 0 Å². The lowest BCUT2D eigenvalue weighted by molar-refractivity contribution is 0.405. The number of para-hydroxylation sites is 1. The van der Waals surface area contributed by atoms with Gasteiger partial charge in [-0.05, 0) is 18.4 Å². The second-order valence-electron chi connectivity index (χ2n) is 1.85. The summed E-state index contributed by atoms with van der Waals surface area (Å²) in [5, 5.41) is 0. The van der Waals surface area contributed by atoms with Crippen molar-refractivity contribution in [2.45, 2.75) is 18.7 Å². The molecule has 0 unspecified atom stereocenters. The summed E-state index contributed by atoms with van der Waals surface area (Å²) >= 11 is 1.69. The number of benzene rings is 1. The molecule has 0 atom stereocenters. The highest BCUT2D eigenvalue weighted by Crippen LogP contribution is 2.25. The maximum absolute atomic E-state index is 5.12. The summed E-state index contributed by atoms with van der Waals surface area (Å²) in [5.41, 5.74) is 0. The number of rotatable bonds is 2. The van der Waals surface area contributed by atoms with Crippen molar-refractivity contribution < 1.29 is 4.74 Å². The zero-order valence-corrected chi connectivity index (χ0v) is 8.94. The highest BCUT2D eigenvalue weighted by atomic mass is 32.2. The topological polar surface area (TPSA) is 9.23 Å². The molecule has 1 aromatic rings. The Morgan fingerprint density at radius 3 is 2.17 bits per heavy atom. The van der Waals surface area contributed by atoms with Crippen molar-refractivity contribution >= 4 is 11.8 Å². The lowest BCUT2D eigenvalue weighted by Gasteiger charge is -2.03. The van der Waals surface area contributed by atoms with E-state index in [1.54, 1.807) is 18.9 Å². The van der Waals surface area contributed by atoms with E-state index in [2.05, 4.69) is 0 Å². The summed E-state index contributed by atoms with van der Waals surface area (Å²) in [4.78, 5) is 1.19. The molecule has 0 aliphatic heterocycles. The van der Waals surface area contributed by atoms with Gasteiger partial charge in [-0.25, -0.2) is 0 Å². The maximum Gasteiger partial charge on any atom is 0.132 e. The Hall–Kier alpha value is -0.630. The summed E-state index contributed by atoms with van der Waals surface area (Å²) in [6.45, 7) is 4.00. The second-order valence-corrected chi connectivity index (χ2v) is 2.70. The lowest BCUT2D eigenvalue weighted by Crippen LogP contribution is -1.83. The summed E-state index contributed by atoms with van der Waals surface area (Å²) in [6, 6.07) is 7.99. The average molecular weight is 184 g/mol. The van der Waals surface area contributed by atoms with Gasteiger partial charge in [-0.1, -0.05) is 26.0 Å². The third kappa shape index (κ3) is 3.18. The monoisotopic (exact) mass is 184 g/mol. The van der Waals surface area contributed by atoms with Crippen LogP contribution in [-0.4, -0.2) is 13.4 Å². The SMILES string of the molecule is CC.COc1ccccc1SC. The van der Waals surface area contributed by atoms with E-state index in [0.717, 1.165) is 5.75 Å². The Balaban J connectivity index is 0.000000561. The summed E-state index contributed by atoms with van der Waals surface area (Å²) < 4.78 is 5.12. The predicted octanol–water partition coefficient (Wildman–Crippen LogP) is 3.44. The van der Waals surface area contributed by atoms with E-state index in [4.69, 9.17) is 4.74 Å². The first kappa shape index (κ1) is 11.4. The van der Waals surface area contributed by atoms with E-state index in [-0.39, 0.29) is 0 Å². The van der Waals surface area contributed by atoms with Crippen LogP contribution < -0.4 is 4.74 Å². The minimum absolute atomic E-state index is 0.954. The molecule has 12 heavy (non-hydrogen) atoms. The predicted molar refractivity (Wildman–Crippen MR) is 56.1 cm³/mol. The standard InChI is InChI=1S/C8H10OS.C2H6/c1-9-7-5-3-4-6-8(7)10-2;1-2/h3-6H,1-2H3;1-2H3. The molecule has 68 valence electrons. The summed E-state index contributed by atoms with van der Waals surface area (Å²) in [6.07, 6.45) is 2.04. The van der Waals surface area contributed by atoms with Crippen LogP contribution in [-0.2, 0) is 0 Å². The first-order valence-electron chi connectivity index (χ1n) is 4.05. The molecule has 0 N–H and O–H groups in total. The minimum Gasteiger partial charge on any atom is -0.496 e. The molecule has 0 saturated carbocycles. The molecule has 0 saturated heterocycles. The molecular weight excluding hydrogens is 168 g/mol. The molecule has 0 radical (unpaired) electrons. The van der Waals surface area contributed by atoms with Gasteiger partial charge in [0.05, 0.1) is 7.11 Å². The highest BCUT2D eigenvalue weighted by Gasteiger charge is 1.96. The molecule has 0 bridgehead atoms. The van der Waals surface area contributed by atoms with Crippen molar-refractivity contribution in [1.82, 2.24) is 0 Å². The van der Waals surface area contributed by atoms with Gasteiger partial charge >= 0.3 is 0 Å². The number of thioether (sulfide) groups is 1. The van der Waals surface area contributed by atoms with Crippen molar-refractivity contribution in [2.24, 2.45) is 0 Å². The first-order chi connectivity index (χ1) is 5.88. The van der Waals surface area contributed by atoms with E-state index >= 15 is 0 Å². The molecule has 0 amide bonds. The Bertz CT molecular complexity index is 188. The van der Waals surface area contributed by atoms with Gasteiger partial charge in [-0.15, -0.1) is 11.8 Å². The molecule has 0 aliphatic carbocycles. The third-order valence-electron chi connectivity index (χ3n) is 1.29. The van der Waals surface area contributed by atoms with Crippen LogP contribution in [0.1, 0.15) is 13.8 Å². The molecule has 1 nitrogen and oxygen atoms in total. The van der Waals surface area contributed by atoms with Gasteiger partial charge in [0.15, 0.2) is 0 Å². The zero-order valence-electron chi connectivity index (χ0n) is 8.13. The van der Waals surface area contributed by atoms with Gasteiger partial charge in [0.2, 0.25) is 0 Å². The Morgan fingerprint density at radius 1 is 1.17 bits per heavy atom. The summed E-state index contributed by atoms with van der Waals surface area (Å²) in [7, 11) is 1.69. The minimum atomic E-state index is 0.954. The molecule has 0 aliphatic rings. The van der Waals surface area contributed by atoms with Crippen LogP contribution in [0.5, 0.6) is 5.75 Å². The first-order valence-corrected chi connectivity index (χ1v) is 5.28. The van der Waals surface area contributed by atoms with Crippen molar-refractivity contribution in [1.29, 1.82) is 0 Å².